The molecule has 1 saturated heterocycles. The normalized spacial score (nSPS) is 19.6. The summed E-state index contributed by atoms with van der Waals surface area (Å²) in [5.74, 6) is -0.225. The van der Waals surface area contributed by atoms with E-state index < -0.39 is 17.3 Å². The lowest BCUT2D eigenvalue weighted by molar-refractivity contribution is -0.156. The average molecular weight is 259 g/mol. The summed E-state index contributed by atoms with van der Waals surface area (Å²) in [6.07, 6.45) is 0.951. The number of nitrogens with zero attached hydrogens (tertiary/aromatic N) is 1. The Morgan fingerprint density at radius 3 is 2.41 bits per heavy atom. The summed E-state index contributed by atoms with van der Waals surface area (Å²) in [7, 11) is 0. The van der Waals surface area contributed by atoms with Crippen molar-refractivity contribution in [3.63, 3.8) is 0 Å². The van der Waals surface area contributed by atoms with Crippen molar-refractivity contribution in [2.45, 2.75) is 27.2 Å². The third-order valence-electron chi connectivity index (χ3n) is 2.89. The van der Waals surface area contributed by atoms with Crippen molar-refractivity contribution in [3.05, 3.63) is 0 Å². The summed E-state index contributed by atoms with van der Waals surface area (Å²) in [6, 6.07) is 0. The van der Waals surface area contributed by atoms with Crippen LogP contribution in [0.2, 0.25) is 0 Å². The maximum Gasteiger partial charge on any atom is 0.316 e. The molecule has 0 aliphatic carbocycles. The fraction of sp³-hybridized carbons (Fsp3) is 0.833. The molecule has 1 rings (SSSR count). The monoisotopic (exact) mass is 259 g/mol. The first-order valence-electron chi connectivity index (χ1n) is 5.93. The Kier molecular flexibility index (Phi) is 4.86. The Bertz CT molecular complexity index is 291. The summed E-state index contributed by atoms with van der Waals surface area (Å²) >= 11 is 1.82. The maximum atomic E-state index is 12.3. The fourth-order valence-corrected chi connectivity index (χ4v) is 2.88. The molecule has 0 aromatic carbocycles. The second-order valence-corrected chi connectivity index (χ2v) is 6.65. The molecule has 1 N–H and O–H groups in total. The smallest absolute Gasteiger partial charge is 0.316 e. The number of aliphatic carboxylic acids is 1. The Balaban J connectivity index is 2.80. The SMILES string of the molecule is CC(C)(C)C(C(=O)O)C(=O)N1CCCSCC1. The van der Waals surface area contributed by atoms with E-state index in [4.69, 9.17) is 0 Å². The molecule has 4 nitrogen and oxygen atoms in total. The number of carbonyl (C=O) groups excluding carboxylic acids is 1. The van der Waals surface area contributed by atoms with Crippen LogP contribution < -0.4 is 0 Å². The van der Waals surface area contributed by atoms with E-state index in [1.54, 1.807) is 25.7 Å². The van der Waals surface area contributed by atoms with Gasteiger partial charge in [-0.3, -0.25) is 9.59 Å². The van der Waals surface area contributed by atoms with Crippen molar-refractivity contribution in [2.24, 2.45) is 11.3 Å². The first-order valence-corrected chi connectivity index (χ1v) is 7.09. The molecule has 1 heterocycles. The van der Waals surface area contributed by atoms with E-state index in [0.29, 0.717) is 13.1 Å². The first kappa shape index (κ1) is 14.4. The highest BCUT2D eigenvalue weighted by molar-refractivity contribution is 7.99. The van der Waals surface area contributed by atoms with Crippen molar-refractivity contribution in [3.8, 4) is 0 Å². The van der Waals surface area contributed by atoms with Crippen LogP contribution in [0.25, 0.3) is 0 Å². The number of amides is 1. The standard InChI is InChI=1S/C12H21NO3S/c1-12(2,3)9(11(15)16)10(14)13-5-4-7-17-8-6-13/h9H,4-8H2,1-3H3,(H,15,16). The molecule has 0 spiro atoms. The predicted octanol–water partition coefficient (Wildman–Crippen LogP) is 1.70. The summed E-state index contributed by atoms with van der Waals surface area (Å²) < 4.78 is 0. The van der Waals surface area contributed by atoms with Gasteiger partial charge in [-0.2, -0.15) is 11.8 Å². The Labute approximate surface area is 107 Å². The number of carbonyl (C=O) groups is 2. The molecule has 98 valence electrons. The largest absolute Gasteiger partial charge is 0.481 e. The third kappa shape index (κ3) is 3.91. The molecule has 5 heteroatoms. The van der Waals surface area contributed by atoms with Crippen molar-refractivity contribution in [1.29, 1.82) is 0 Å². The van der Waals surface area contributed by atoms with Gasteiger partial charge in [0.15, 0.2) is 0 Å². The zero-order chi connectivity index (χ0) is 13.1. The molecule has 17 heavy (non-hydrogen) atoms. The molecule has 0 aromatic heterocycles. The minimum atomic E-state index is -1.01. The molecule has 0 bridgehead atoms. The van der Waals surface area contributed by atoms with E-state index in [0.717, 1.165) is 17.9 Å². The zero-order valence-electron chi connectivity index (χ0n) is 10.7. The van der Waals surface area contributed by atoms with Crippen molar-refractivity contribution in [1.82, 2.24) is 4.90 Å². The lowest BCUT2D eigenvalue weighted by Crippen LogP contribution is -2.46. The van der Waals surface area contributed by atoms with Gasteiger partial charge in [-0.1, -0.05) is 20.8 Å². The van der Waals surface area contributed by atoms with E-state index in [1.165, 1.54) is 0 Å². The quantitative estimate of drug-likeness (QED) is 0.767. The number of hydrogen-bond donors (Lipinski definition) is 1. The van der Waals surface area contributed by atoms with Gasteiger partial charge < -0.3 is 10.0 Å². The van der Waals surface area contributed by atoms with Gasteiger partial charge in [0, 0.05) is 18.8 Å². The lowest BCUT2D eigenvalue weighted by Gasteiger charge is -2.31. The first-order chi connectivity index (χ1) is 7.84. The van der Waals surface area contributed by atoms with Crippen molar-refractivity contribution in [2.75, 3.05) is 24.6 Å². The van der Waals surface area contributed by atoms with Crippen LogP contribution in [-0.4, -0.2) is 46.5 Å². The third-order valence-corrected chi connectivity index (χ3v) is 3.94. The van der Waals surface area contributed by atoms with E-state index in [9.17, 15) is 14.7 Å². The van der Waals surface area contributed by atoms with Crippen LogP contribution in [0.5, 0.6) is 0 Å². The molecule has 0 aromatic rings. The van der Waals surface area contributed by atoms with E-state index in [2.05, 4.69) is 0 Å². The molecular weight excluding hydrogens is 238 g/mol. The molecule has 1 atom stereocenters. The summed E-state index contributed by atoms with van der Waals surface area (Å²) in [5, 5.41) is 9.23. The van der Waals surface area contributed by atoms with E-state index in [-0.39, 0.29) is 5.91 Å². The van der Waals surface area contributed by atoms with E-state index in [1.807, 2.05) is 11.8 Å². The highest BCUT2D eigenvalue weighted by Crippen LogP contribution is 2.28. The number of hydrogen-bond acceptors (Lipinski definition) is 3. The van der Waals surface area contributed by atoms with Gasteiger partial charge in [0.1, 0.15) is 5.92 Å². The van der Waals surface area contributed by atoms with E-state index >= 15 is 0 Å². The van der Waals surface area contributed by atoms with Crippen LogP contribution in [0, 0.1) is 11.3 Å². The van der Waals surface area contributed by atoms with Gasteiger partial charge >= 0.3 is 5.97 Å². The molecule has 1 fully saturated rings. The van der Waals surface area contributed by atoms with Crippen LogP contribution >= 0.6 is 11.8 Å². The van der Waals surface area contributed by atoms with Crippen LogP contribution in [0.15, 0.2) is 0 Å². The Morgan fingerprint density at radius 1 is 1.24 bits per heavy atom. The molecule has 1 aliphatic rings. The molecule has 1 aliphatic heterocycles. The average Bonchev–Trinajstić information content (AvgIpc) is 2.42. The van der Waals surface area contributed by atoms with Gasteiger partial charge in [-0.05, 0) is 17.6 Å². The predicted molar refractivity (Wildman–Crippen MR) is 69.1 cm³/mol. The van der Waals surface area contributed by atoms with Gasteiger partial charge in [-0.15, -0.1) is 0 Å². The minimum Gasteiger partial charge on any atom is -0.481 e. The summed E-state index contributed by atoms with van der Waals surface area (Å²) in [6.45, 7) is 6.76. The molecular formula is C12H21NO3S. The Hall–Kier alpha value is -0.710. The van der Waals surface area contributed by atoms with Crippen molar-refractivity contribution < 1.29 is 14.7 Å². The number of carboxylic acids is 1. The van der Waals surface area contributed by atoms with Gasteiger partial charge in [0.25, 0.3) is 0 Å². The maximum absolute atomic E-state index is 12.3. The Morgan fingerprint density at radius 2 is 1.88 bits per heavy atom. The molecule has 0 saturated carbocycles. The van der Waals surface area contributed by atoms with Crippen LogP contribution in [0.1, 0.15) is 27.2 Å². The number of thioether (sulfide) groups is 1. The summed E-state index contributed by atoms with van der Waals surface area (Å²) in [4.78, 5) is 25.3. The van der Waals surface area contributed by atoms with Gasteiger partial charge in [-0.25, -0.2) is 0 Å². The number of carboxylic acid groups (broad SMARTS) is 1. The van der Waals surface area contributed by atoms with Gasteiger partial charge in [0.05, 0.1) is 0 Å². The molecule has 1 unspecified atom stereocenters. The minimum absolute atomic E-state index is 0.229. The van der Waals surface area contributed by atoms with Crippen LogP contribution in [-0.2, 0) is 9.59 Å². The molecule has 1 amide bonds. The van der Waals surface area contributed by atoms with Crippen LogP contribution in [0.4, 0.5) is 0 Å². The molecule has 0 radical (unpaired) electrons. The van der Waals surface area contributed by atoms with Gasteiger partial charge in [0.2, 0.25) is 5.91 Å². The highest BCUT2D eigenvalue weighted by atomic mass is 32.2. The number of rotatable bonds is 2. The zero-order valence-corrected chi connectivity index (χ0v) is 11.5. The highest BCUT2D eigenvalue weighted by Gasteiger charge is 2.40. The fourth-order valence-electron chi connectivity index (χ4n) is 2.00. The summed E-state index contributed by atoms with van der Waals surface area (Å²) in [5.41, 5.74) is -0.539. The lowest BCUT2D eigenvalue weighted by atomic mass is 9.80. The van der Waals surface area contributed by atoms with Crippen LogP contribution in [0.3, 0.4) is 0 Å². The second kappa shape index (κ2) is 5.76. The second-order valence-electron chi connectivity index (χ2n) is 5.43. The topological polar surface area (TPSA) is 57.6 Å². The van der Waals surface area contributed by atoms with Crippen molar-refractivity contribution >= 4 is 23.6 Å².